The third kappa shape index (κ3) is 4.38. The number of rotatable bonds is 7. The van der Waals surface area contributed by atoms with Gasteiger partial charge in [0.25, 0.3) is 0 Å². The van der Waals surface area contributed by atoms with Crippen LogP contribution in [0.3, 0.4) is 0 Å². The minimum atomic E-state index is -0.612. The van der Waals surface area contributed by atoms with Crippen LogP contribution in [0.5, 0.6) is 0 Å². The van der Waals surface area contributed by atoms with Gasteiger partial charge in [-0.1, -0.05) is 43.6 Å². The van der Waals surface area contributed by atoms with Crippen LogP contribution in [0.25, 0.3) is 0 Å². The molecule has 1 fully saturated rings. The Morgan fingerprint density at radius 2 is 2.21 bits per heavy atom. The standard InChI is InChI=1S/C19H25ClN2O2/c1-15(2)11-17-12-23-19(24-17,13-22-10-9-21-14-22)8-7-16-5-3-4-6-18(16)20/h3-6,9-10,14-15,17H,7-8,11-13H2,1-2H3. The number of aryl methyl sites for hydroxylation is 1. The van der Waals surface area contributed by atoms with Gasteiger partial charge in [-0.3, -0.25) is 0 Å². The van der Waals surface area contributed by atoms with E-state index in [4.69, 9.17) is 21.1 Å². The van der Waals surface area contributed by atoms with Gasteiger partial charge in [-0.2, -0.15) is 0 Å². The molecular formula is C19H25ClN2O2. The summed E-state index contributed by atoms with van der Waals surface area (Å²) in [6.07, 6.45) is 8.28. The molecule has 0 radical (unpaired) electrons. The van der Waals surface area contributed by atoms with Gasteiger partial charge in [0.1, 0.15) is 0 Å². The lowest BCUT2D eigenvalue weighted by Crippen LogP contribution is -2.36. The summed E-state index contributed by atoms with van der Waals surface area (Å²) in [5.41, 5.74) is 1.13. The predicted octanol–water partition coefficient (Wildman–Crippen LogP) is 4.33. The van der Waals surface area contributed by atoms with Gasteiger partial charge in [0, 0.05) is 23.8 Å². The van der Waals surface area contributed by atoms with Gasteiger partial charge in [0.05, 0.1) is 25.6 Å². The van der Waals surface area contributed by atoms with E-state index in [1.165, 1.54) is 0 Å². The SMILES string of the molecule is CC(C)CC1COC(CCc2ccccc2Cl)(Cn2ccnc2)O1. The Morgan fingerprint density at radius 1 is 1.38 bits per heavy atom. The fraction of sp³-hybridized carbons (Fsp3) is 0.526. The highest BCUT2D eigenvalue weighted by atomic mass is 35.5. The number of ether oxygens (including phenoxy) is 2. The Morgan fingerprint density at radius 3 is 2.92 bits per heavy atom. The van der Waals surface area contributed by atoms with Crippen LogP contribution in [0.2, 0.25) is 5.02 Å². The number of aromatic nitrogens is 2. The zero-order chi connectivity index (χ0) is 17.0. The van der Waals surface area contributed by atoms with Crippen LogP contribution in [-0.4, -0.2) is 28.0 Å². The molecule has 0 aliphatic carbocycles. The Kier molecular flexibility index (Phi) is 5.59. The first-order valence-corrected chi connectivity index (χ1v) is 8.95. The number of imidazole rings is 1. The van der Waals surface area contributed by atoms with E-state index in [2.05, 4.69) is 24.9 Å². The van der Waals surface area contributed by atoms with Crippen molar-refractivity contribution in [3.63, 3.8) is 0 Å². The lowest BCUT2D eigenvalue weighted by atomic mass is 10.0. The Bertz CT molecular complexity index is 645. The topological polar surface area (TPSA) is 36.3 Å². The number of hydrogen-bond donors (Lipinski definition) is 0. The smallest absolute Gasteiger partial charge is 0.187 e. The predicted molar refractivity (Wildman–Crippen MR) is 95.0 cm³/mol. The van der Waals surface area contributed by atoms with Crippen molar-refractivity contribution in [2.45, 2.75) is 51.5 Å². The second kappa shape index (κ2) is 7.68. The molecule has 4 nitrogen and oxygen atoms in total. The van der Waals surface area contributed by atoms with Crippen LogP contribution >= 0.6 is 11.6 Å². The first-order chi connectivity index (χ1) is 11.6. The van der Waals surface area contributed by atoms with Crippen LogP contribution in [-0.2, 0) is 22.4 Å². The molecule has 2 atom stereocenters. The second-order valence-corrected chi connectivity index (χ2v) is 7.32. The van der Waals surface area contributed by atoms with Crippen molar-refractivity contribution in [2.24, 2.45) is 5.92 Å². The van der Waals surface area contributed by atoms with Gasteiger partial charge in [-0.15, -0.1) is 0 Å². The van der Waals surface area contributed by atoms with E-state index in [9.17, 15) is 0 Å². The zero-order valence-electron chi connectivity index (χ0n) is 14.3. The molecule has 1 aliphatic heterocycles. The number of nitrogens with zero attached hydrogens (tertiary/aromatic N) is 2. The highest BCUT2D eigenvalue weighted by molar-refractivity contribution is 6.31. The molecule has 0 saturated carbocycles. The molecule has 1 aliphatic rings. The molecule has 2 heterocycles. The van der Waals surface area contributed by atoms with E-state index in [0.29, 0.717) is 19.1 Å². The third-order valence-electron chi connectivity index (χ3n) is 4.36. The maximum absolute atomic E-state index is 6.38. The van der Waals surface area contributed by atoms with Crippen molar-refractivity contribution in [3.8, 4) is 0 Å². The van der Waals surface area contributed by atoms with Gasteiger partial charge in [0.15, 0.2) is 5.79 Å². The van der Waals surface area contributed by atoms with Crippen molar-refractivity contribution < 1.29 is 9.47 Å². The Hall–Kier alpha value is -1.36. The molecule has 2 aromatic rings. The average Bonchev–Trinajstić information content (AvgIpc) is 3.17. The first kappa shape index (κ1) is 17.5. The molecule has 3 rings (SSSR count). The summed E-state index contributed by atoms with van der Waals surface area (Å²) in [6.45, 7) is 5.72. The Labute approximate surface area is 148 Å². The molecule has 1 aromatic heterocycles. The summed E-state index contributed by atoms with van der Waals surface area (Å²) in [7, 11) is 0. The second-order valence-electron chi connectivity index (χ2n) is 6.92. The van der Waals surface area contributed by atoms with Crippen LogP contribution in [0, 0.1) is 5.92 Å². The molecule has 2 unspecified atom stereocenters. The fourth-order valence-corrected chi connectivity index (χ4v) is 3.47. The molecule has 24 heavy (non-hydrogen) atoms. The molecular weight excluding hydrogens is 324 g/mol. The van der Waals surface area contributed by atoms with Crippen molar-refractivity contribution in [1.29, 1.82) is 0 Å². The highest BCUT2D eigenvalue weighted by Gasteiger charge is 2.41. The van der Waals surface area contributed by atoms with Crippen LogP contribution < -0.4 is 0 Å². The minimum Gasteiger partial charge on any atom is -0.345 e. The van der Waals surface area contributed by atoms with E-state index in [1.807, 2.05) is 29.0 Å². The van der Waals surface area contributed by atoms with Crippen LogP contribution in [0.4, 0.5) is 0 Å². The molecule has 0 bridgehead atoms. The molecule has 5 heteroatoms. The zero-order valence-corrected chi connectivity index (χ0v) is 15.1. The normalized spacial score (nSPS) is 23.9. The molecule has 1 aromatic carbocycles. The lowest BCUT2D eigenvalue weighted by Gasteiger charge is -2.29. The van der Waals surface area contributed by atoms with Crippen LogP contribution in [0.1, 0.15) is 32.3 Å². The van der Waals surface area contributed by atoms with Crippen molar-refractivity contribution >= 4 is 11.6 Å². The molecule has 130 valence electrons. The van der Waals surface area contributed by atoms with Gasteiger partial charge in [-0.05, 0) is 30.4 Å². The first-order valence-electron chi connectivity index (χ1n) is 8.57. The monoisotopic (exact) mass is 348 g/mol. The van der Waals surface area contributed by atoms with E-state index >= 15 is 0 Å². The molecule has 0 amide bonds. The highest BCUT2D eigenvalue weighted by Crippen LogP contribution is 2.33. The number of benzene rings is 1. The minimum absolute atomic E-state index is 0.153. The molecule has 0 N–H and O–H groups in total. The van der Waals surface area contributed by atoms with Crippen molar-refractivity contribution in [1.82, 2.24) is 9.55 Å². The quantitative estimate of drug-likeness (QED) is 0.747. The number of halogens is 1. The van der Waals surface area contributed by atoms with E-state index in [1.54, 1.807) is 12.5 Å². The fourth-order valence-electron chi connectivity index (χ4n) is 3.24. The van der Waals surface area contributed by atoms with Crippen molar-refractivity contribution in [2.75, 3.05) is 6.61 Å². The molecule has 0 spiro atoms. The average molecular weight is 349 g/mol. The third-order valence-corrected chi connectivity index (χ3v) is 4.73. The lowest BCUT2D eigenvalue weighted by molar-refractivity contribution is -0.183. The van der Waals surface area contributed by atoms with Crippen molar-refractivity contribution in [3.05, 3.63) is 53.6 Å². The summed E-state index contributed by atoms with van der Waals surface area (Å²) < 4.78 is 14.6. The largest absolute Gasteiger partial charge is 0.345 e. The van der Waals surface area contributed by atoms with Gasteiger partial charge < -0.3 is 14.0 Å². The molecule has 1 saturated heterocycles. The maximum atomic E-state index is 6.38. The summed E-state index contributed by atoms with van der Waals surface area (Å²) in [5, 5.41) is 0.798. The van der Waals surface area contributed by atoms with E-state index in [0.717, 1.165) is 29.8 Å². The van der Waals surface area contributed by atoms with Crippen LogP contribution in [0.15, 0.2) is 43.0 Å². The number of hydrogen-bond acceptors (Lipinski definition) is 3. The van der Waals surface area contributed by atoms with Gasteiger partial charge in [-0.25, -0.2) is 4.98 Å². The van der Waals surface area contributed by atoms with Gasteiger partial charge >= 0.3 is 0 Å². The summed E-state index contributed by atoms with van der Waals surface area (Å²) in [6, 6.07) is 7.96. The van der Waals surface area contributed by atoms with E-state index in [-0.39, 0.29) is 6.10 Å². The van der Waals surface area contributed by atoms with Gasteiger partial charge in [0.2, 0.25) is 0 Å². The Balaban J connectivity index is 1.72. The summed E-state index contributed by atoms with van der Waals surface area (Å²) in [5.74, 6) is -0.0226. The summed E-state index contributed by atoms with van der Waals surface area (Å²) >= 11 is 6.30. The summed E-state index contributed by atoms with van der Waals surface area (Å²) in [4.78, 5) is 4.13. The van der Waals surface area contributed by atoms with E-state index < -0.39 is 5.79 Å². The maximum Gasteiger partial charge on any atom is 0.187 e.